The summed E-state index contributed by atoms with van der Waals surface area (Å²) in [6, 6.07) is 4.99. The van der Waals surface area contributed by atoms with Gasteiger partial charge in [-0.3, -0.25) is 4.99 Å². The van der Waals surface area contributed by atoms with Gasteiger partial charge >= 0.3 is 6.61 Å². The summed E-state index contributed by atoms with van der Waals surface area (Å²) in [5.74, 6) is 0.940. The van der Waals surface area contributed by atoms with Crippen molar-refractivity contribution in [2.45, 2.75) is 26.0 Å². The monoisotopic (exact) mass is 545 g/mol. The molecule has 2 fully saturated rings. The highest BCUT2D eigenvalue weighted by Gasteiger charge is 2.42. The van der Waals surface area contributed by atoms with Gasteiger partial charge in [0.25, 0.3) is 0 Å². The van der Waals surface area contributed by atoms with Gasteiger partial charge in [-0.05, 0) is 31.0 Å². The van der Waals surface area contributed by atoms with Crippen LogP contribution < -0.4 is 10.1 Å². The number of halogens is 4. The molecule has 0 radical (unpaired) electrons. The third kappa shape index (κ3) is 5.19. The Hall–Kier alpha value is -0.680. The van der Waals surface area contributed by atoms with Crippen LogP contribution >= 0.6 is 39.9 Å². The highest BCUT2D eigenvalue weighted by atomic mass is 127. The molecule has 0 amide bonds. The lowest BCUT2D eigenvalue weighted by atomic mass is 9.87. The number of hydrogen-bond donors (Lipinski definition) is 1. The molecule has 2 aliphatic heterocycles. The molecule has 1 N–H and O–H groups in total. The van der Waals surface area contributed by atoms with E-state index in [9.17, 15) is 8.78 Å². The molecule has 1 aromatic carbocycles. The number of likely N-dealkylation sites (tertiary alicyclic amines) is 1. The lowest BCUT2D eigenvalue weighted by Crippen LogP contribution is -2.41. The zero-order valence-electron chi connectivity index (χ0n) is 14.5. The summed E-state index contributed by atoms with van der Waals surface area (Å²) < 4.78 is 36.1. The van der Waals surface area contributed by atoms with E-state index in [4.69, 9.17) is 4.74 Å². The first-order valence-electron chi connectivity index (χ1n) is 8.28. The third-order valence-electron chi connectivity index (χ3n) is 4.81. The molecule has 0 bridgehead atoms. The van der Waals surface area contributed by atoms with Crippen LogP contribution in [-0.2, 0) is 11.3 Å². The quantitative estimate of drug-likeness (QED) is 0.355. The Labute approximate surface area is 177 Å². The summed E-state index contributed by atoms with van der Waals surface area (Å²) in [4.78, 5) is 6.55. The maximum atomic E-state index is 12.6. The van der Waals surface area contributed by atoms with Crippen molar-refractivity contribution in [3.05, 3.63) is 28.2 Å². The molecular weight excluding hydrogens is 523 g/mol. The highest BCUT2D eigenvalue weighted by molar-refractivity contribution is 14.0. The largest absolute Gasteiger partial charge is 0.434 e. The first-order chi connectivity index (χ1) is 12.0. The average Bonchev–Trinajstić information content (AvgIpc) is 3.21. The van der Waals surface area contributed by atoms with Crippen LogP contribution in [0, 0.1) is 5.41 Å². The van der Waals surface area contributed by atoms with E-state index in [1.54, 1.807) is 19.2 Å². The number of rotatable bonds is 4. The van der Waals surface area contributed by atoms with Gasteiger partial charge in [-0.1, -0.05) is 15.9 Å². The average molecular weight is 546 g/mol. The molecule has 2 heterocycles. The van der Waals surface area contributed by atoms with E-state index in [0.717, 1.165) is 49.6 Å². The van der Waals surface area contributed by atoms with Crippen molar-refractivity contribution in [3.63, 3.8) is 0 Å². The fraction of sp³-hybridized carbons (Fsp3) is 0.588. The van der Waals surface area contributed by atoms with Gasteiger partial charge in [-0.2, -0.15) is 8.78 Å². The fourth-order valence-electron chi connectivity index (χ4n) is 3.49. The molecule has 146 valence electrons. The summed E-state index contributed by atoms with van der Waals surface area (Å²) in [5.41, 5.74) is 0.881. The van der Waals surface area contributed by atoms with Gasteiger partial charge < -0.3 is 19.7 Å². The van der Waals surface area contributed by atoms with Crippen molar-refractivity contribution in [2.75, 3.05) is 33.4 Å². The summed E-state index contributed by atoms with van der Waals surface area (Å²) in [7, 11) is 1.73. The van der Waals surface area contributed by atoms with Gasteiger partial charge in [0.05, 0.1) is 6.61 Å². The number of ether oxygens (including phenoxy) is 2. The summed E-state index contributed by atoms with van der Waals surface area (Å²) in [6.07, 6.45) is 2.17. The van der Waals surface area contributed by atoms with E-state index in [0.29, 0.717) is 12.1 Å². The van der Waals surface area contributed by atoms with E-state index in [2.05, 4.69) is 35.9 Å². The third-order valence-corrected chi connectivity index (χ3v) is 5.30. The summed E-state index contributed by atoms with van der Waals surface area (Å²) in [6.45, 7) is 0.965. The molecule has 2 aliphatic rings. The molecular formula is C17H23BrF2IN3O2. The van der Waals surface area contributed by atoms with Crippen molar-refractivity contribution in [3.8, 4) is 5.75 Å². The number of benzene rings is 1. The predicted molar refractivity (Wildman–Crippen MR) is 110 cm³/mol. The van der Waals surface area contributed by atoms with Gasteiger partial charge in [0.15, 0.2) is 5.96 Å². The van der Waals surface area contributed by atoms with Crippen LogP contribution in [0.1, 0.15) is 18.4 Å². The molecule has 1 unspecified atom stereocenters. The number of hydrogen-bond acceptors (Lipinski definition) is 3. The topological polar surface area (TPSA) is 46.1 Å². The second-order valence-electron chi connectivity index (χ2n) is 6.51. The first-order valence-corrected chi connectivity index (χ1v) is 9.07. The summed E-state index contributed by atoms with van der Waals surface area (Å²) >= 11 is 3.37. The van der Waals surface area contributed by atoms with Crippen LogP contribution in [0.25, 0.3) is 0 Å². The van der Waals surface area contributed by atoms with Crippen molar-refractivity contribution in [2.24, 2.45) is 10.4 Å². The Morgan fingerprint density at radius 1 is 1.46 bits per heavy atom. The number of nitrogens with zero attached hydrogens (tertiary/aromatic N) is 2. The second kappa shape index (κ2) is 9.50. The molecule has 1 atom stereocenters. The molecule has 1 spiro atoms. The lowest BCUT2D eigenvalue weighted by Gasteiger charge is -2.25. The molecule has 1 aromatic rings. The van der Waals surface area contributed by atoms with E-state index in [1.807, 2.05) is 0 Å². The van der Waals surface area contributed by atoms with Crippen molar-refractivity contribution < 1.29 is 18.3 Å². The molecule has 26 heavy (non-hydrogen) atoms. The molecule has 0 aliphatic carbocycles. The second-order valence-corrected chi connectivity index (χ2v) is 7.42. The fourth-order valence-corrected chi connectivity index (χ4v) is 3.90. The number of aliphatic imine (C=N–C) groups is 1. The van der Waals surface area contributed by atoms with Gasteiger partial charge in [-0.15, -0.1) is 24.0 Å². The van der Waals surface area contributed by atoms with Crippen LogP contribution in [0.5, 0.6) is 5.75 Å². The van der Waals surface area contributed by atoms with Crippen molar-refractivity contribution in [1.82, 2.24) is 10.2 Å². The minimum absolute atomic E-state index is 0. The molecule has 5 nitrogen and oxygen atoms in total. The van der Waals surface area contributed by atoms with Crippen molar-refractivity contribution >= 4 is 45.9 Å². The Morgan fingerprint density at radius 3 is 2.92 bits per heavy atom. The highest BCUT2D eigenvalue weighted by Crippen LogP contribution is 2.38. The lowest BCUT2D eigenvalue weighted by molar-refractivity contribution is -0.0504. The van der Waals surface area contributed by atoms with Gasteiger partial charge in [-0.25, -0.2) is 0 Å². The number of alkyl halides is 2. The van der Waals surface area contributed by atoms with E-state index in [-0.39, 0.29) is 35.1 Å². The van der Waals surface area contributed by atoms with Gasteiger partial charge in [0.1, 0.15) is 5.75 Å². The van der Waals surface area contributed by atoms with Crippen LogP contribution in [0.3, 0.4) is 0 Å². The van der Waals surface area contributed by atoms with Gasteiger partial charge in [0, 0.05) is 48.7 Å². The van der Waals surface area contributed by atoms with E-state index >= 15 is 0 Å². The predicted octanol–water partition coefficient (Wildman–Crippen LogP) is 3.86. The van der Waals surface area contributed by atoms with Crippen LogP contribution in [-0.4, -0.2) is 50.8 Å². The molecule has 0 saturated carbocycles. The summed E-state index contributed by atoms with van der Waals surface area (Å²) in [5, 5.41) is 3.26. The molecule has 9 heteroatoms. The zero-order chi connectivity index (χ0) is 17.9. The minimum atomic E-state index is -2.85. The molecule has 2 saturated heterocycles. The van der Waals surface area contributed by atoms with Crippen molar-refractivity contribution in [1.29, 1.82) is 0 Å². The Morgan fingerprint density at radius 2 is 2.27 bits per heavy atom. The number of nitrogens with one attached hydrogen (secondary N) is 1. The Balaban J connectivity index is 0.00000243. The SMILES string of the molecule is CN=C(NCc1cc(Br)ccc1OC(F)F)N1CCC2(CCOC2)C1.I. The van der Waals surface area contributed by atoms with Gasteiger partial charge in [0.2, 0.25) is 0 Å². The maximum Gasteiger partial charge on any atom is 0.387 e. The van der Waals surface area contributed by atoms with Crippen LogP contribution in [0.2, 0.25) is 0 Å². The molecule has 0 aromatic heterocycles. The standard InChI is InChI=1S/C17H22BrF2N3O2.HI/c1-21-16(23-6-4-17(10-23)5-7-24-11-17)22-9-12-8-13(18)2-3-14(12)25-15(19)20;/h2-3,8,15H,4-7,9-11H2,1H3,(H,21,22);1H. The zero-order valence-corrected chi connectivity index (χ0v) is 18.4. The van der Waals surface area contributed by atoms with Crippen LogP contribution in [0.15, 0.2) is 27.7 Å². The Kier molecular flexibility index (Phi) is 7.90. The Bertz CT molecular complexity index is 642. The smallest absolute Gasteiger partial charge is 0.387 e. The van der Waals surface area contributed by atoms with Crippen LogP contribution in [0.4, 0.5) is 8.78 Å². The van der Waals surface area contributed by atoms with E-state index in [1.165, 1.54) is 6.07 Å². The first kappa shape index (κ1) is 21.6. The maximum absolute atomic E-state index is 12.6. The number of guanidine groups is 1. The molecule has 3 rings (SSSR count). The minimum Gasteiger partial charge on any atom is -0.434 e. The normalized spacial score (nSPS) is 22.8. The van der Waals surface area contributed by atoms with E-state index < -0.39 is 6.61 Å².